The Morgan fingerprint density at radius 3 is 2.68 bits per heavy atom. The molecule has 0 unspecified atom stereocenters. The Hall–Kier alpha value is -2.40. The minimum Gasteiger partial charge on any atom is -0.352 e. The van der Waals surface area contributed by atoms with Crippen molar-refractivity contribution in [2.75, 3.05) is 0 Å². The Bertz CT molecular complexity index is 822. The quantitative estimate of drug-likeness (QED) is 0.701. The number of nitrogens with one attached hydrogen (secondary N) is 1. The lowest BCUT2D eigenvalue weighted by atomic mass is 10.2. The van der Waals surface area contributed by atoms with Crippen molar-refractivity contribution < 1.29 is 4.79 Å². The summed E-state index contributed by atoms with van der Waals surface area (Å²) in [4.78, 5) is 13.3. The number of nitrogens with zero attached hydrogens (tertiary/aromatic N) is 2. The average Bonchev–Trinajstić information content (AvgIpc) is 3.22. The molecule has 1 amide bonds. The van der Waals surface area contributed by atoms with Crippen LogP contribution in [0.15, 0.2) is 47.8 Å². The Balaban J connectivity index is 1.58. The first kappa shape index (κ1) is 17.4. The SMILES string of the molecule is Cc1nn(Cc2ccccc2)c(C)c1CNC(=O)CCc1cccs1. The smallest absolute Gasteiger partial charge is 0.220 e. The number of amides is 1. The molecule has 2 aromatic heterocycles. The van der Waals surface area contributed by atoms with Crippen molar-refractivity contribution in [1.29, 1.82) is 0 Å². The number of aromatic nitrogens is 2. The Labute approximate surface area is 152 Å². The van der Waals surface area contributed by atoms with Crippen molar-refractivity contribution >= 4 is 17.2 Å². The highest BCUT2D eigenvalue weighted by molar-refractivity contribution is 7.09. The molecule has 1 aromatic carbocycles. The third-order valence-corrected chi connectivity index (χ3v) is 5.28. The van der Waals surface area contributed by atoms with Crippen molar-refractivity contribution in [2.45, 2.75) is 39.8 Å². The van der Waals surface area contributed by atoms with E-state index >= 15 is 0 Å². The van der Waals surface area contributed by atoms with Gasteiger partial charge in [0.05, 0.1) is 12.2 Å². The molecule has 0 bridgehead atoms. The van der Waals surface area contributed by atoms with E-state index in [9.17, 15) is 4.79 Å². The molecule has 3 rings (SSSR count). The molecular weight excluding hydrogens is 330 g/mol. The van der Waals surface area contributed by atoms with Gasteiger partial charge in [0.1, 0.15) is 0 Å². The highest BCUT2D eigenvalue weighted by Crippen LogP contribution is 2.15. The summed E-state index contributed by atoms with van der Waals surface area (Å²) in [7, 11) is 0. The lowest BCUT2D eigenvalue weighted by molar-refractivity contribution is -0.121. The number of hydrogen-bond acceptors (Lipinski definition) is 3. The maximum Gasteiger partial charge on any atom is 0.220 e. The summed E-state index contributed by atoms with van der Waals surface area (Å²) in [6.45, 7) is 5.35. The van der Waals surface area contributed by atoms with Gasteiger partial charge in [-0.3, -0.25) is 9.48 Å². The summed E-state index contributed by atoms with van der Waals surface area (Å²) >= 11 is 1.70. The van der Waals surface area contributed by atoms with E-state index in [1.165, 1.54) is 10.4 Å². The highest BCUT2D eigenvalue weighted by atomic mass is 32.1. The fourth-order valence-corrected chi connectivity index (χ4v) is 3.58. The van der Waals surface area contributed by atoms with Crippen LogP contribution in [0.2, 0.25) is 0 Å². The molecule has 0 aliphatic rings. The number of aryl methyl sites for hydroxylation is 2. The summed E-state index contributed by atoms with van der Waals surface area (Å²) in [6.07, 6.45) is 1.32. The fourth-order valence-electron chi connectivity index (χ4n) is 2.87. The van der Waals surface area contributed by atoms with E-state index in [1.807, 2.05) is 41.3 Å². The first-order chi connectivity index (χ1) is 12.1. The van der Waals surface area contributed by atoms with Crippen molar-refractivity contribution in [1.82, 2.24) is 15.1 Å². The van der Waals surface area contributed by atoms with Gasteiger partial charge in [-0.25, -0.2) is 0 Å². The number of hydrogen-bond donors (Lipinski definition) is 1. The Morgan fingerprint density at radius 1 is 1.16 bits per heavy atom. The van der Waals surface area contributed by atoms with Crippen molar-refractivity contribution in [2.24, 2.45) is 0 Å². The largest absolute Gasteiger partial charge is 0.352 e. The van der Waals surface area contributed by atoms with Crippen molar-refractivity contribution in [3.63, 3.8) is 0 Å². The van der Waals surface area contributed by atoms with Crippen LogP contribution >= 0.6 is 11.3 Å². The third-order valence-electron chi connectivity index (χ3n) is 4.35. The molecule has 2 heterocycles. The minimum absolute atomic E-state index is 0.0861. The molecular formula is C20H23N3OS. The monoisotopic (exact) mass is 353 g/mol. The van der Waals surface area contributed by atoms with Crippen LogP contribution in [0.5, 0.6) is 0 Å². The molecule has 0 aliphatic heterocycles. The lowest BCUT2D eigenvalue weighted by Crippen LogP contribution is -2.23. The predicted octanol–water partition coefficient (Wildman–Crippen LogP) is 3.86. The van der Waals surface area contributed by atoms with E-state index < -0.39 is 0 Å². The topological polar surface area (TPSA) is 46.9 Å². The number of benzene rings is 1. The zero-order valence-electron chi connectivity index (χ0n) is 14.7. The molecule has 0 aliphatic carbocycles. The third kappa shape index (κ3) is 4.57. The maximum absolute atomic E-state index is 12.1. The zero-order chi connectivity index (χ0) is 17.6. The zero-order valence-corrected chi connectivity index (χ0v) is 15.5. The number of rotatable bonds is 7. The Morgan fingerprint density at radius 2 is 1.96 bits per heavy atom. The van der Waals surface area contributed by atoms with Gasteiger partial charge in [0, 0.05) is 29.1 Å². The van der Waals surface area contributed by atoms with Crippen LogP contribution in [0.25, 0.3) is 0 Å². The van der Waals surface area contributed by atoms with Gasteiger partial charge in [-0.15, -0.1) is 11.3 Å². The summed E-state index contributed by atoms with van der Waals surface area (Å²) < 4.78 is 2.01. The average molecular weight is 353 g/mol. The first-order valence-electron chi connectivity index (χ1n) is 8.49. The standard InChI is InChI=1S/C20H23N3OS/c1-15-19(13-21-20(24)11-10-18-9-6-12-25-18)16(2)23(22-15)14-17-7-4-3-5-8-17/h3-9,12H,10-11,13-14H2,1-2H3,(H,21,24). The van der Waals surface area contributed by atoms with Gasteiger partial charge in [0.2, 0.25) is 5.91 Å². The van der Waals surface area contributed by atoms with Gasteiger partial charge in [0.25, 0.3) is 0 Å². The molecule has 0 fully saturated rings. The summed E-state index contributed by atoms with van der Waals surface area (Å²) in [5.74, 6) is 0.0861. The van der Waals surface area contributed by atoms with E-state index in [1.54, 1.807) is 11.3 Å². The van der Waals surface area contributed by atoms with Gasteiger partial charge in [-0.1, -0.05) is 36.4 Å². The van der Waals surface area contributed by atoms with Crippen molar-refractivity contribution in [3.8, 4) is 0 Å². The van der Waals surface area contributed by atoms with Crippen molar-refractivity contribution in [3.05, 3.63) is 75.2 Å². The molecule has 3 aromatic rings. The predicted molar refractivity (Wildman–Crippen MR) is 102 cm³/mol. The summed E-state index contributed by atoms with van der Waals surface area (Å²) in [5, 5.41) is 9.71. The molecule has 130 valence electrons. The summed E-state index contributed by atoms with van der Waals surface area (Å²) in [6, 6.07) is 14.4. The second-order valence-electron chi connectivity index (χ2n) is 6.15. The number of carbonyl (C=O) groups is 1. The first-order valence-corrected chi connectivity index (χ1v) is 9.37. The number of carbonyl (C=O) groups excluding carboxylic acids is 1. The van der Waals surface area contributed by atoms with Crippen LogP contribution in [0, 0.1) is 13.8 Å². The normalized spacial score (nSPS) is 10.8. The maximum atomic E-state index is 12.1. The molecule has 0 spiro atoms. The van der Waals surface area contributed by atoms with Crippen LogP contribution in [0.3, 0.4) is 0 Å². The molecule has 0 radical (unpaired) electrons. The Kier molecular flexibility index (Phi) is 5.66. The second-order valence-corrected chi connectivity index (χ2v) is 7.18. The molecule has 1 N–H and O–H groups in total. The second kappa shape index (κ2) is 8.12. The molecule has 0 saturated carbocycles. The van der Waals surface area contributed by atoms with Gasteiger partial charge in [-0.2, -0.15) is 5.10 Å². The molecule has 4 nitrogen and oxygen atoms in total. The van der Waals surface area contributed by atoms with E-state index in [0.717, 1.165) is 29.9 Å². The van der Waals surface area contributed by atoms with Crippen LogP contribution in [-0.2, 0) is 24.3 Å². The van der Waals surface area contributed by atoms with E-state index in [-0.39, 0.29) is 5.91 Å². The van der Waals surface area contributed by atoms with E-state index in [4.69, 9.17) is 0 Å². The molecule has 0 atom stereocenters. The lowest BCUT2D eigenvalue weighted by Gasteiger charge is -2.07. The summed E-state index contributed by atoms with van der Waals surface area (Å²) in [5.41, 5.74) is 4.42. The van der Waals surface area contributed by atoms with Crippen LogP contribution in [0.1, 0.15) is 33.8 Å². The highest BCUT2D eigenvalue weighted by Gasteiger charge is 2.13. The van der Waals surface area contributed by atoms with Gasteiger partial charge in [-0.05, 0) is 37.3 Å². The number of thiophene rings is 1. The van der Waals surface area contributed by atoms with Crippen LogP contribution in [-0.4, -0.2) is 15.7 Å². The fraction of sp³-hybridized carbons (Fsp3) is 0.300. The molecule has 0 saturated heterocycles. The van der Waals surface area contributed by atoms with Gasteiger partial charge >= 0.3 is 0 Å². The van der Waals surface area contributed by atoms with E-state index in [0.29, 0.717) is 13.0 Å². The van der Waals surface area contributed by atoms with Crippen LogP contribution in [0.4, 0.5) is 0 Å². The van der Waals surface area contributed by atoms with E-state index in [2.05, 4.69) is 35.5 Å². The molecule has 25 heavy (non-hydrogen) atoms. The minimum atomic E-state index is 0.0861. The van der Waals surface area contributed by atoms with Gasteiger partial charge < -0.3 is 5.32 Å². The molecule has 5 heteroatoms. The van der Waals surface area contributed by atoms with Gasteiger partial charge in [0.15, 0.2) is 0 Å². The van der Waals surface area contributed by atoms with Crippen LogP contribution < -0.4 is 5.32 Å².